The van der Waals surface area contributed by atoms with Crippen LogP contribution in [0.3, 0.4) is 0 Å². The van der Waals surface area contributed by atoms with Gasteiger partial charge in [-0.25, -0.2) is 4.79 Å². The van der Waals surface area contributed by atoms with E-state index >= 15 is 0 Å². The van der Waals surface area contributed by atoms with Crippen molar-refractivity contribution in [2.24, 2.45) is 0 Å². The van der Waals surface area contributed by atoms with Crippen molar-refractivity contribution in [2.75, 3.05) is 7.11 Å². The molecule has 0 heterocycles. The molecule has 0 aromatic heterocycles. The Morgan fingerprint density at radius 3 is 2.56 bits per heavy atom. The number of hydrogen-bond donors (Lipinski definition) is 1. The third-order valence-electron chi connectivity index (χ3n) is 2.27. The van der Waals surface area contributed by atoms with Crippen LogP contribution < -0.4 is 4.74 Å². The quantitative estimate of drug-likeness (QED) is 0.494. The summed E-state index contributed by atoms with van der Waals surface area (Å²) in [6, 6.07) is 6.47. The third kappa shape index (κ3) is 2.95. The highest BCUT2D eigenvalue weighted by molar-refractivity contribution is 6.19. The summed E-state index contributed by atoms with van der Waals surface area (Å²) in [6.07, 6.45) is 1.23. The number of rotatable bonds is 4. The average molecular weight is 245 g/mol. The van der Waals surface area contributed by atoms with Gasteiger partial charge in [0.25, 0.3) is 0 Å². The molecule has 1 aromatic rings. The van der Waals surface area contributed by atoms with E-state index in [2.05, 4.69) is 0 Å². The summed E-state index contributed by atoms with van der Waals surface area (Å²) >= 11 is 0. The molecular weight excluding hydrogens is 234 g/mol. The van der Waals surface area contributed by atoms with Crippen molar-refractivity contribution in [3.05, 3.63) is 34.9 Å². The zero-order valence-electron chi connectivity index (χ0n) is 9.93. The van der Waals surface area contributed by atoms with Crippen LogP contribution in [0.5, 0.6) is 5.75 Å². The van der Waals surface area contributed by atoms with Crippen LogP contribution in [0.1, 0.15) is 18.1 Å². The molecule has 0 bridgehead atoms. The summed E-state index contributed by atoms with van der Waals surface area (Å²) in [5, 5.41) is 17.6. The highest BCUT2D eigenvalue weighted by Crippen LogP contribution is 2.22. The molecule has 0 radical (unpaired) electrons. The number of nitrogens with zero attached hydrogens (tertiary/aromatic N) is 1. The van der Waals surface area contributed by atoms with E-state index in [4.69, 9.17) is 15.1 Å². The van der Waals surface area contributed by atoms with Gasteiger partial charge in [-0.2, -0.15) is 5.26 Å². The van der Waals surface area contributed by atoms with E-state index in [-0.39, 0.29) is 5.57 Å². The molecular formula is C13H11NO4. The number of ketones is 1. The van der Waals surface area contributed by atoms with Crippen LogP contribution >= 0.6 is 0 Å². The highest BCUT2D eigenvalue weighted by atomic mass is 16.5. The van der Waals surface area contributed by atoms with Gasteiger partial charge in [0.1, 0.15) is 11.3 Å². The van der Waals surface area contributed by atoms with Crippen LogP contribution in [-0.4, -0.2) is 24.0 Å². The molecule has 5 nitrogen and oxygen atoms in total. The smallest absolute Gasteiger partial charge is 0.339 e. The summed E-state index contributed by atoms with van der Waals surface area (Å²) in [4.78, 5) is 22.1. The zero-order chi connectivity index (χ0) is 13.7. The minimum absolute atomic E-state index is 0.335. The van der Waals surface area contributed by atoms with Gasteiger partial charge in [0, 0.05) is 5.56 Å². The second-order valence-electron chi connectivity index (χ2n) is 3.49. The third-order valence-corrected chi connectivity index (χ3v) is 2.27. The monoisotopic (exact) mass is 245 g/mol. The molecule has 0 saturated heterocycles. The van der Waals surface area contributed by atoms with Crippen LogP contribution in [0.25, 0.3) is 6.08 Å². The van der Waals surface area contributed by atoms with Crippen molar-refractivity contribution in [1.29, 1.82) is 5.26 Å². The van der Waals surface area contributed by atoms with Crippen LogP contribution in [0.4, 0.5) is 0 Å². The number of ether oxygens (including phenoxy) is 1. The summed E-state index contributed by atoms with van der Waals surface area (Å²) in [5.41, 5.74) is 0.491. The molecule has 0 amide bonds. The average Bonchev–Trinajstić information content (AvgIpc) is 2.34. The molecule has 18 heavy (non-hydrogen) atoms. The van der Waals surface area contributed by atoms with Crippen molar-refractivity contribution in [3.63, 3.8) is 0 Å². The van der Waals surface area contributed by atoms with E-state index in [1.807, 2.05) is 6.07 Å². The number of benzene rings is 1. The van der Waals surface area contributed by atoms with Crippen molar-refractivity contribution in [1.82, 2.24) is 0 Å². The first kappa shape index (κ1) is 13.5. The lowest BCUT2D eigenvalue weighted by Crippen LogP contribution is -2.08. The molecule has 92 valence electrons. The van der Waals surface area contributed by atoms with Crippen LogP contribution in [-0.2, 0) is 9.59 Å². The predicted octanol–water partition coefficient (Wildman–Crippen LogP) is 1.62. The first-order chi connectivity index (χ1) is 8.49. The number of hydrogen-bond acceptors (Lipinski definition) is 4. The molecule has 0 fully saturated rings. The minimum atomic E-state index is -1.30. The zero-order valence-corrected chi connectivity index (χ0v) is 9.93. The maximum atomic E-state index is 11.2. The molecule has 0 atom stereocenters. The van der Waals surface area contributed by atoms with Gasteiger partial charge in [-0.05, 0) is 31.2 Å². The normalized spacial score (nSPS) is 10.6. The molecule has 0 aliphatic heterocycles. The maximum Gasteiger partial charge on any atom is 0.339 e. The second kappa shape index (κ2) is 5.64. The van der Waals surface area contributed by atoms with E-state index < -0.39 is 11.8 Å². The fourth-order valence-electron chi connectivity index (χ4n) is 1.37. The lowest BCUT2D eigenvalue weighted by Gasteiger charge is -2.06. The summed E-state index contributed by atoms with van der Waals surface area (Å²) in [5.74, 6) is -1.50. The summed E-state index contributed by atoms with van der Waals surface area (Å²) in [6.45, 7) is 1.18. The van der Waals surface area contributed by atoms with Gasteiger partial charge in [-0.3, -0.25) is 4.79 Å². The molecule has 0 saturated carbocycles. The van der Waals surface area contributed by atoms with Gasteiger partial charge in [0.15, 0.2) is 5.78 Å². The van der Waals surface area contributed by atoms with Gasteiger partial charge in [-0.15, -0.1) is 0 Å². The Morgan fingerprint density at radius 1 is 1.44 bits per heavy atom. The van der Waals surface area contributed by atoms with Gasteiger partial charge in [0.2, 0.25) is 0 Å². The number of methoxy groups -OCH3 is 1. The Morgan fingerprint density at radius 2 is 2.11 bits per heavy atom. The van der Waals surface area contributed by atoms with Gasteiger partial charge >= 0.3 is 5.97 Å². The lowest BCUT2D eigenvalue weighted by molar-refractivity contribution is -0.134. The van der Waals surface area contributed by atoms with E-state index in [0.717, 1.165) is 0 Å². The fraction of sp³-hybridized carbons (Fsp3) is 0.154. The standard InChI is InChI=1S/C13H11NO4/c1-8(15)11(13(16)17)6-10-4-3-9(7-14)5-12(10)18-2/h3-6H,1-2H3,(H,16,17). The van der Waals surface area contributed by atoms with Crippen molar-refractivity contribution in [3.8, 4) is 11.8 Å². The molecule has 1 N–H and O–H groups in total. The first-order valence-electron chi connectivity index (χ1n) is 5.03. The number of carbonyl (C=O) groups is 2. The summed E-state index contributed by atoms with van der Waals surface area (Å²) < 4.78 is 5.05. The second-order valence-corrected chi connectivity index (χ2v) is 3.49. The number of nitriles is 1. The predicted molar refractivity (Wildman–Crippen MR) is 64.0 cm³/mol. The van der Waals surface area contributed by atoms with Crippen LogP contribution in [0.2, 0.25) is 0 Å². The minimum Gasteiger partial charge on any atom is -0.496 e. The van der Waals surface area contributed by atoms with Gasteiger partial charge < -0.3 is 9.84 Å². The summed E-state index contributed by atoms with van der Waals surface area (Å²) in [7, 11) is 1.40. The number of carboxylic acids is 1. The van der Waals surface area contributed by atoms with Crippen molar-refractivity contribution in [2.45, 2.75) is 6.92 Å². The largest absolute Gasteiger partial charge is 0.496 e. The number of aliphatic carboxylic acids is 1. The Bertz CT molecular complexity index is 551. The van der Waals surface area contributed by atoms with Gasteiger partial charge in [-0.1, -0.05) is 0 Å². The number of carboxylic acid groups (broad SMARTS) is 1. The number of carbonyl (C=O) groups excluding carboxylic acids is 1. The number of Topliss-reactive ketones (excluding diaryl/α,β-unsaturated/α-hetero) is 1. The maximum absolute atomic E-state index is 11.2. The molecule has 0 spiro atoms. The van der Waals surface area contributed by atoms with E-state index in [9.17, 15) is 9.59 Å². The Labute approximate surface area is 104 Å². The van der Waals surface area contributed by atoms with Crippen molar-refractivity contribution >= 4 is 17.8 Å². The molecule has 0 aliphatic rings. The van der Waals surface area contributed by atoms with Gasteiger partial charge in [0.05, 0.1) is 18.7 Å². The molecule has 5 heteroatoms. The SMILES string of the molecule is COc1cc(C#N)ccc1C=C(C(C)=O)C(=O)O. The molecule has 0 unspecified atom stereocenters. The van der Waals surface area contributed by atoms with Crippen molar-refractivity contribution < 1.29 is 19.4 Å². The Kier molecular flexibility index (Phi) is 4.22. The van der Waals surface area contributed by atoms with E-state index in [1.165, 1.54) is 38.3 Å². The molecule has 0 aliphatic carbocycles. The topological polar surface area (TPSA) is 87.4 Å². The van der Waals surface area contributed by atoms with E-state index in [0.29, 0.717) is 16.9 Å². The van der Waals surface area contributed by atoms with Crippen LogP contribution in [0, 0.1) is 11.3 Å². The molecule has 1 aromatic carbocycles. The highest BCUT2D eigenvalue weighted by Gasteiger charge is 2.14. The van der Waals surface area contributed by atoms with E-state index in [1.54, 1.807) is 0 Å². The first-order valence-corrected chi connectivity index (χ1v) is 5.03. The lowest BCUT2D eigenvalue weighted by atomic mass is 10.1. The van der Waals surface area contributed by atoms with Crippen LogP contribution in [0.15, 0.2) is 23.8 Å². The fourth-order valence-corrected chi connectivity index (χ4v) is 1.37. The Hall–Kier alpha value is -2.61. The Balaban J connectivity index is 3.33. The molecule has 1 rings (SSSR count).